The van der Waals surface area contributed by atoms with Crippen LogP contribution >= 0.6 is 23.4 Å². The van der Waals surface area contributed by atoms with Crippen molar-refractivity contribution in [1.82, 2.24) is 0 Å². The number of sulfone groups is 1. The van der Waals surface area contributed by atoms with E-state index in [1.54, 1.807) is 11.8 Å². The van der Waals surface area contributed by atoms with E-state index in [9.17, 15) is 8.42 Å². The summed E-state index contributed by atoms with van der Waals surface area (Å²) in [7, 11) is -3.03. The number of fused-ring (bicyclic) bond motifs is 1. The second kappa shape index (κ2) is 6.91. The normalized spacial score (nSPS) is 23.8. The van der Waals surface area contributed by atoms with E-state index in [-0.39, 0.29) is 23.6 Å². The van der Waals surface area contributed by atoms with Crippen molar-refractivity contribution in [1.29, 1.82) is 0 Å². The zero-order valence-electron chi connectivity index (χ0n) is 14.3. The van der Waals surface area contributed by atoms with Crippen LogP contribution in [0.2, 0.25) is 5.02 Å². The minimum absolute atomic E-state index is 0.114. The third-order valence-corrected chi connectivity index (χ3v) is 7.82. The minimum Gasteiger partial charge on any atom is -0.315 e. The summed E-state index contributed by atoms with van der Waals surface area (Å²) in [4.78, 5) is 6.85. The molecule has 26 heavy (non-hydrogen) atoms. The Hall–Kier alpha value is -1.50. The van der Waals surface area contributed by atoms with Crippen LogP contribution in [0.15, 0.2) is 53.5 Å². The molecule has 0 aliphatic carbocycles. The third-order valence-electron chi connectivity index (χ3n) is 4.73. The molecule has 2 atom stereocenters. The second-order valence-electron chi connectivity index (χ2n) is 6.71. The maximum absolute atomic E-state index is 12.1. The lowest BCUT2D eigenvalue weighted by Crippen LogP contribution is -2.39. The fraction of sp³-hybridized carbons (Fsp3) is 0.316. The highest BCUT2D eigenvalue weighted by Crippen LogP contribution is 2.36. The molecule has 0 aromatic heterocycles. The number of hydrogen-bond donors (Lipinski definition) is 0. The monoisotopic (exact) mass is 406 g/mol. The Morgan fingerprint density at radius 3 is 2.62 bits per heavy atom. The molecule has 2 aliphatic rings. The zero-order valence-corrected chi connectivity index (χ0v) is 16.7. The summed E-state index contributed by atoms with van der Waals surface area (Å²) in [5.74, 6) is 0.994. The van der Waals surface area contributed by atoms with E-state index in [4.69, 9.17) is 16.6 Å². The Morgan fingerprint density at radius 1 is 1.15 bits per heavy atom. The number of amidine groups is 1. The van der Waals surface area contributed by atoms with E-state index in [0.717, 1.165) is 21.4 Å². The molecule has 1 fully saturated rings. The minimum atomic E-state index is -3.03. The smallest absolute Gasteiger partial charge is 0.164 e. The summed E-state index contributed by atoms with van der Waals surface area (Å²) in [6.45, 7) is 2.04. The Bertz CT molecular complexity index is 958. The van der Waals surface area contributed by atoms with E-state index in [2.05, 4.69) is 4.90 Å². The number of halogens is 1. The molecule has 0 spiro atoms. The van der Waals surface area contributed by atoms with Gasteiger partial charge in [0.2, 0.25) is 0 Å². The van der Waals surface area contributed by atoms with Gasteiger partial charge in [-0.3, -0.25) is 4.99 Å². The first-order chi connectivity index (χ1) is 12.4. The van der Waals surface area contributed by atoms with Crippen molar-refractivity contribution in [2.24, 2.45) is 4.99 Å². The largest absolute Gasteiger partial charge is 0.315 e. The van der Waals surface area contributed by atoms with E-state index in [1.165, 1.54) is 5.56 Å². The summed E-state index contributed by atoms with van der Waals surface area (Å²) in [6.07, 6.45) is 0. The van der Waals surface area contributed by atoms with Crippen LogP contribution in [0.1, 0.15) is 11.1 Å². The molecule has 7 heteroatoms. The topological polar surface area (TPSA) is 49.7 Å². The number of anilines is 1. The number of benzene rings is 2. The molecule has 0 radical (unpaired) electrons. The third kappa shape index (κ3) is 3.50. The van der Waals surface area contributed by atoms with Crippen LogP contribution < -0.4 is 4.90 Å². The molecule has 2 aliphatic heterocycles. The van der Waals surface area contributed by atoms with Crippen LogP contribution in [0, 0.1) is 6.92 Å². The summed E-state index contributed by atoms with van der Waals surface area (Å²) < 4.78 is 24.2. The zero-order chi connectivity index (χ0) is 18.3. The summed E-state index contributed by atoms with van der Waals surface area (Å²) in [6, 6.07) is 15.6. The van der Waals surface area contributed by atoms with E-state index in [1.807, 2.05) is 55.5 Å². The number of aliphatic imine (C=N–C) groups is 1. The standard InChI is InChI=1S/C19H19ClN2O2S2/c1-13-6-8-15(9-7-13)22-18-12-26(23,24)11-17(18)21-19(22)25-10-14-4-2-3-5-16(14)20/h2-9,17-18H,10-12H2,1H3/t17-,18+/m0/s1. The molecule has 4 rings (SSSR count). The van der Waals surface area contributed by atoms with Crippen LogP contribution in [-0.4, -0.2) is 37.2 Å². The van der Waals surface area contributed by atoms with Crippen LogP contribution in [0.4, 0.5) is 5.69 Å². The fourth-order valence-electron chi connectivity index (χ4n) is 3.40. The molecule has 2 heterocycles. The van der Waals surface area contributed by atoms with Crippen LogP contribution in [0.25, 0.3) is 0 Å². The number of hydrogen-bond acceptors (Lipinski definition) is 5. The molecule has 0 unspecified atom stereocenters. The van der Waals surface area contributed by atoms with Gasteiger partial charge in [-0.1, -0.05) is 59.3 Å². The first-order valence-corrected chi connectivity index (χ1v) is 11.6. The van der Waals surface area contributed by atoms with Crippen molar-refractivity contribution in [2.45, 2.75) is 24.8 Å². The summed E-state index contributed by atoms with van der Waals surface area (Å²) in [5.41, 5.74) is 3.21. The fourth-order valence-corrected chi connectivity index (χ4v) is 6.65. The van der Waals surface area contributed by atoms with Crippen LogP contribution in [-0.2, 0) is 15.6 Å². The van der Waals surface area contributed by atoms with Gasteiger partial charge in [-0.25, -0.2) is 8.42 Å². The van der Waals surface area contributed by atoms with Crippen molar-refractivity contribution >= 4 is 44.1 Å². The lowest BCUT2D eigenvalue weighted by molar-refractivity contribution is 0.601. The first kappa shape index (κ1) is 17.9. The lowest BCUT2D eigenvalue weighted by atomic mass is 10.1. The van der Waals surface area contributed by atoms with Crippen molar-refractivity contribution in [3.05, 3.63) is 64.7 Å². The van der Waals surface area contributed by atoms with Gasteiger partial charge in [0.1, 0.15) is 0 Å². The van der Waals surface area contributed by atoms with Gasteiger partial charge in [0, 0.05) is 16.5 Å². The molecular formula is C19H19ClN2O2S2. The number of nitrogens with zero attached hydrogens (tertiary/aromatic N) is 2. The van der Waals surface area contributed by atoms with Crippen molar-refractivity contribution in [2.75, 3.05) is 16.4 Å². The van der Waals surface area contributed by atoms with E-state index < -0.39 is 9.84 Å². The predicted molar refractivity (Wildman–Crippen MR) is 110 cm³/mol. The van der Waals surface area contributed by atoms with Gasteiger partial charge >= 0.3 is 0 Å². The number of rotatable bonds is 3. The summed E-state index contributed by atoms with van der Waals surface area (Å²) in [5, 5.41) is 1.61. The molecule has 0 N–H and O–H groups in total. The Labute approximate surface area is 163 Å². The number of aryl methyl sites for hydroxylation is 1. The predicted octanol–water partition coefficient (Wildman–Crippen LogP) is 3.92. The van der Waals surface area contributed by atoms with Gasteiger partial charge in [0.25, 0.3) is 0 Å². The highest BCUT2D eigenvalue weighted by molar-refractivity contribution is 8.13. The maximum Gasteiger partial charge on any atom is 0.164 e. The number of thioether (sulfide) groups is 1. The Balaban J connectivity index is 1.63. The van der Waals surface area contributed by atoms with Gasteiger partial charge in [-0.2, -0.15) is 0 Å². The molecule has 0 bridgehead atoms. The molecular weight excluding hydrogens is 388 g/mol. The SMILES string of the molecule is Cc1ccc(N2C(SCc3ccccc3Cl)=N[C@H]3CS(=O)(=O)C[C@H]32)cc1. The Kier molecular flexibility index (Phi) is 4.75. The highest BCUT2D eigenvalue weighted by Gasteiger charge is 2.47. The van der Waals surface area contributed by atoms with E-state index in [0.29, 0.717) is 5.75 Å². The average Bonchev–Trinajstić information content (AvgIpc) is 3.06. The van der Waals surface area contributed by atoms with E-state index >= 15 is 0 Å². The molecule has 2 aromatic carbocycles. The van der Waals surface area contributed by atoms with Crippen LogP contribution in [0.5, 0.6) is 0 Å². The molecule has 1 saturated heterocycles. The van der Waals surface area contributed by atoms with Gasteiger partial charge < -0.3 is 4.90 Å². The van der Waals surface area contributed by atoms with Gasteiger partial charge in [0.05, 0.1) is 23.6 Å². The molecule has 0 saturated carbocycles. The molecule has 136 valence electrons. The maximum atomic E-state index is 12.1. The quantitative estimate of drug-likeness (QED) is 0.775. The molecule has 0 amide bonds. The second-order valence-corrected chi connectivity index (χ2v) is 10.2. The summed E-state index contributed by atoms with van der Waals surface area (Å²) >= 11 is 7.88. The lowest BCUT2D eigenvalue weighted by Gasteiger charge is -2.26. The van der Waals surface area contributed by atoms with Crippen LogP contribution in [0.3, 0.4) is 0 Å². The van der Waals surface area contributed by atoms with Crippen molar-refractivity contribution in [3.8, 4) is 0 Å². The molecule has 2 aromatic rings. The molecule has 4 nitrogen and oxygen atoms in total. The average molecular weight is 407 g/mol. The van der Waals surface area contributed by atoms with Crippen molar-refractivity contribution in [3.63, 3.8) is 0 Å². The van der Waals surface area contributed by atoms with Gasteiger partial charge in [0.15, 0.2) is 15.0 Å². The van der Waals surface area contributed by atoms with Gasteiger partial charge in [-0.05, 0) is 30.7 Å². The van der Waals surface area contributed by atoms with Gasteiger partial charge in [-0.15, -0.1) is 0 Å². The first-order valence-electron chi connectivity index (χ1n) is 8.43. The highest BCUT2D eigenvalue weighted by atomic mass is 35.5. The Morgan fingerprint density at radius 2 is 1.88 bits per heavy atom. The van der Waals surface area contributed by atoms with Crippen molar-refractivity contribution < 1.29 is 8.42 Å².